The quantitative estimate of drug-likeness (QED) is 0.0197. The number of carbonyl (C=O) groups excluding carboxylic acids is 3. The standard InChI is InChI=1S/C72H121O11P/c1-4-7-10-13-16-19-22-25-28-31-34-37-40-43-46-49-52-55-58-61-70(74)79-65-69(83-72(76)63-60-57-54-51-48-45-42-39-36-33-30-27-24-21-18-15-12-9-6-3)67-81-84(77,78)80-66-68(64-73)82-71(75)62-59-56-53-50-47-44-41-38-35-32-29-26-23-20-17-14-11-8-5-2/h9,12,17-18,20-21,25-30,35-36,38-39,45,48,54,57,68-69,73H,4-8,10-11,13-16,19,22-24,31-34,37,40-44,46-47,49-53,55-56,58-67H2,1-3H3,(H,77,78)/b12-9-,20-17-,21-18-,28-25-,29-26-,30-27-,38-35-,39-36-,48-45-,57-54-. The largest absolute Gasteiger partial charge is 0.472 e. The van der Waals surface area contributed by atoms with E-state index in [0.717, 1.165) is 103 Å². The molecule has 11 nitrogen and oxygen atoms in total. The van der Waals surface area contributed by atoms with E-state index in [1.807, 2.05) is 12.2 Å². The van der Waals surface area contributed by atoms with Crippen LogP contribution in [0.25, 0.3) is 0 Å². The van der Waals surface area contributed by atoms with Crippen molar-refractivity contribution in [3.63, 3.8) is 0 Å². The van der Waals surface area contributed by atoms with Crippen molar-refractivity contribution in [1.82, 2.24) is 0 Å². The average molecular weight is 1190 g/mol. The second-order valence-corrected chi connectivity index (χ2v) is 23.3. The van der Waals surface area contributed by atoms with Crippen LogP contribution in [0, 0.1) is 0 Å². The zero-order valence-electron chi connectivity index (χ0n) is 53.3. The molecule has 480 valence electrons. The molecule has 2 N–H and O–H groups in total. The topological polar surface area (TPSA) is 155 Å². The molecule has 0 aliphatic heterocycles. The van der Waals surface area contributed by atoms with Crippen LogP contribution >= 0.6 is 7.82 Å². The van der Waals surface area contributed by atoms with Crippen molar-refractivity contribution in [1.29, 1.82) is 0 Å². The summed E-state index contributed by atoms with van der Waals surface area (Å²) in [6.45, 7) is 4.43. The lowest BCUT2D eigenvalue weighted by molar-refractivity contribution is -0.161. The van der Waals surface area contributed by atoms with Crippen LogP contribution in [-0.4, -0.2) is 66.5 Å². The van der Waals surface area contributed by atoms with Gasteiger partial charge in [0.1, 0.15) is 12.7 Å². The molecule has 12 heteroatoms. The molecule has 0 spiro atoms. The molecule has 0 heterocycles. The van der Waals surface area contributed by atoms with Gasteiger partial charge >= 0.3 is 25.7 Å². The minimum Gasteiger partial charge on any atom is -0.462 e. The van der Waals surface area contributed by atoms with Crippen molar-refractivity contribution in [2.75, 3.05) is 26.4 Å². The number of aliphatic hydroxyl groups excluding tert-OH is 1. The number of ether oxygens (including phenoxy) is 3. The SMILES string of the molecule is CC/C=C\C/C=C\C/C=C\C/C=C\C/C=C\C/C=C\CCC(=O)OC(COC(=O)CCCCCCCCCCC/C=C\CCCCCCCC)COP(=O)(O)OCC(CO)OC(=O)CCCCCCCC/C=C\C/C=C\C/C=C\CCCCC. The van der Waals surface area contributed by atoms with Gasteiger partial charge in [-0.3, -0.25) is 23.4 Å². The Morgan fingerprint density at radius 2 is 0.643 bits per heavy atom. The summed E-state index contributed by atoms with van der Waals surface area (Å²) >= 11 is 0. The van der Waals surface area contributed by atoms with Gasteiger partial charge < -0.3 is 24.2 Å². The summed E-state index contributed by atoms with van der Waals surface area (Å²) in [7, 11) is -4.79. The van der Waals surface area contributed by atoms with Gasteiger partial charge in [0.25, 0.3) is 0 Å². The monoisotopic (exact) mass is 1190 g/mol. The summed E-state index contributed by atoms with van der Waals surface area (Å²) < 4.78 is 39.6. The van der Waals surface area contributed by atoms with E-state index in [0.29, 0.717) is 25.7 Å². The van der Waals surface area contributed by atoms with Crippen LogP contribution in [0.3, 0.4) is 0 Å². The molecule has 0 bridgehead atoms. The Kier molecular flexibility index (Phi) is 61.7. The van der Waals surface area contributed by atoms with Gasteiger partial charge in [0.2, 0.25) is 0 Å². The van der Waals surface area contributed by atoms with Crippen molar-refractivity contribution < 1.29 is 52.2 Å². The fourth-order valence-corrected chi connectivity index (χ4v) is 9.58. The summed E-state index contributed by atoms with van der Waals surface area (Å²) in [5.74, 6) is -1.58. The molecule has 0 aliphatic carbocycles. The molecule has 0 amide bonds. The van der Waals surface area contributed by atoms with E-state index in [-0.39, 0.29) is 25.9 Å². The van der Waals surface area contributed by atoms with E-state index >= 15 is 0 Å². The molecule has 0 aliphatic rings. The Hall–Kier alpha value is -4.12. The molecule has 84 heavy (non-hydrogen) atoms. The zero-order valence-corrected chi connectivity index (χ0v) is 54.2. The number of esters is 3. The summed E-state index contributed by atoms with van der Waals surface area (Å²) in [5.41, 5.74) is 0. The van der Waals surface area contributed by atoms with Crippen molar-refractivity contribution in [3.8, 4) is 0 Å². The molecular formula is C72H121O11P. The van der Waals surface area contributed by atoms with E-state index in [4.69, 9.17) is 23.3 Å². The van der Waals surface area contributed by atoms with Crippen LogP contribution in [-0.2, 0) is 42.2 Å². The van der Waals surface area contributed by atoms with Gasteiger partial charge in [0, 0.05) is 19.3 Å². The molecular weight excluding hydrogens is 1070 g/mol. The highest BCUT2D eigenvalue weighted by atomic mass is 31.2. The Bertz CT molecular complexity index is 1870. The Morgan fingerprint density at radius 1 is 0.345 bits per heavy atom. The number of phosphoric acid groups is 1. The lowest BCUT2D eigenvalue weighted by Gasteiger charge is -2.21. The van der Waals surface area contributed by atoms with Gasteiger partial charge in [-0.1, -0.05) is 258 Å². The Morgan fingerprint density at radius 3 is 1.06 bits per heavy atom. The third-order valence-electron chi connectivity index (χ3n) is 13.9. The number of rotatable bonds is 61. The van der Waals surface area contributed by atoms with Gasteiger partial charge in [0.15, 0.2) is 6.10 Å². The first-order valence-electron chi connectivity index (χ1n) is 33.4. The number of hydrogen-bond acceptors (Lipinski definition) is 10. The summed E-state index contributed by atoms with van der Waals surface area (Å²) in [6, 6.07) is 0. The molecule has 0 aromatic heterocycles. The third kappa shape index (κ3) is 62.4. The maximum Gasteiger partial charge on any atom is 0.472 e. The van der Waals surface area contributed by atoms with Crippen LogP contribution < -0.4 is 0 Å². The predicted octanol–water partition coefficient (Wildman–Crippen LogP) is 20.7. The first kappa shape index (κ1) is 79.9. The highest BCUT2D eigenvalue weighted by Gasteiger charge is 2.28. The van der Waals surface area contributed by atoms with Gasteiger partial charge in [-0.25, -0.2) is 4.57 Å². The number of phosphoric ester groups is 1. The van der Waals surface area contributed by atoms with Crippen LogP contribution in [0.1, 0.15) is 278 Å². The van der Waals surface area contributed by atoms with Gasteiger partial charge in [-0.05, 0) is 122 Å². The van der Waals surface area contributed by atoms with Gasteiger partial charge in [0.05, 0.1) is 19.8 Å². The van der Waals surface area contributed by atoms with E-state index in [2.05, 4.69) is 130 Å². The molecule has 3 unspecified atom stereocenters. The summed E-state index contributed by atoms with van der Waals surface area (Å²) in [4.78, 5) is 48.8. The molecule has 0 fully saturated rings. The number of allylic oxidation sites excluding steroid dienone is 20. The third-order valence-corrected chi connectivity index (χ3v) is 14.8. The average Bonchev–Trinajstić information content (AvgIpc) is 3.53. The van der Waals surface area contributed by atoms with Crippen LogP contribution in [0.15, 0.2) is 122 Å². The maximum absolute atomic E-state index is 13.0. The minimum atomic E-state index is -4.79. The fraction of sp³-hybridized carbons (Fsp3) is 0.681. The maximum atomic E-state index is 13.0. The van der Waals surface area contributed by atoms with Crippen LogP contribution in [0.2, 0.25) is 0 Å². The first-order valence-corrected chi connectivity index (χ1v) is 34.9. The number of carbonyl (C=O) groups is 3. The van der Waals surface area contributed by atoms with Crippen LogP contribution in [0.4, 0.5) is 0 Å². The molecule has 0 radical (unpaired) electrons. The highest BCUT2D eigenvalue weighted by Crippen LogP contribution is 2.43. The Labute approximate surface area is 513 Å². The highest BCUT2D eigenvalue weighted by molar-refractivity contribution is 7.47. The molecule has 3 atom stereocenters. The molecule has 0 aromatic carbocycles. The number of hydrogen-bond donors (Lipinski definition) is 2. The van der Waals surface area contributed by atoms with Gasteiger partial charge in [-0.15, -0.1) is 0 Å². The molecule has 0 saturated heterocycles. The van der Waals surface area contributed by atoms with Crippen molar-refractivity contribution in [3.05, 3.63) is 122 Å². The normalized spacial score (nSPS) is 14.0. The molecule has 0 saturated carbocycles. The lowest BCUT2D eigenvalue weighted by atomic mass is 10.1. The smallest absolute Gasteiger partial charge is 0.462 e. The lowest BCUT2D eigenvalue weighted by Crippen LogP contribution is -2.30. The van der Waals surface area contributed by atoms with Crippen molar-refractivity contribution in [2.24, 2.45) is 0 Å². The van der Waals surface area contributed by atoms with Gasteiger partial charge in [-0.2, -0.15) is 0 Å². The van der Waals surface area contributed by atoms with Crippen molar-refractivity contribution in [2.45, 2.75) is 290 Å². The second kappa shape index (κ2) is 64.9. The van der Waals surface area contributed by atoms with Crippen LogP contribution in [0.5, 0.6) is 0 Å². The number of unbranched alkanes of at least 4 members (excludes halogenated alkanes) is 24. The molecule has 0 rings (SSSR count). The fourth-order valence-electron chi connectivity index (χ4n) is 8.80. The van der Waals surface area contributed by atoms with E-state index in [1.165, 1.54) is 109 Å². The zero-order chi connectivity index (χ0) is 61.2. The minimum absolute atomic E-state index is 0.0362. The predicted molar refractivity (Wildman–Crippen MR) is 353 cm³/mol. The summed E-state index contributed by atoms with van der Waals surface area (Å²) in [6.07, 6.45) is 81.6. The second-order valence-electron chi connectivity index (χ2n) is 21.9. The van der Waals surface area contributed by atoms with E-state index in [1.54, 1.807) is 0 Å². The summed E-state index contributed by atoms with van der Waals surface area (Å²) in [5, 5.41) is 9.87. The first-order chi connectivity index (χ1) is 41.2. The van der Waals surface area contributed by atoms with E-state index in [9.17, 15) is 28.9 Å². The van der Waals surface area contributed by atoms with Crippen molar-refractivity contribution >= 4 is 25.7 Å². The Balaban J connectivity index is 4.81. The molecule has 0 aromatic rings. The number of aliphatic hydroxyl groups is 1. The van der Waals surface area contributed by atoms with E-state index < -0.39 is 57.8 Å².